The Hall–Kier alpha value is -1.62. The van der Waals surface area contributed by atoms with E-state index in [-0.39, 0.29) is 6.04 Å². The molecule has 2 heterocycles. The molecule has 0 amide bonds. The smallest absolute Gasteiger partial charge is 0.0908 e. The van der Waals surface area contributed by atoms with E-state index >= 15 is 0 Å². The second kappa shape index (κ2) is 3.75. The highest BCUT2D eigenvalue weighted by Crippen LogP contribution is 2.49. The van der Waals surface area contributed by atoms with Crippen molar-refractivity contribution in [2.45, 2.75) is 18.9 Å². The quantitative estimate of drug-likeness (QED) is 0.477. The summed E-state index contributed by atoms with van der Waals surface area (Å²) in [6, 6.07) is 8.20. The van der Waals surface area contributed by atoms with Crippen molar-refractivity contribution in [3.8, 4) is 0 Å². The summed E-state index contributed by atoms with van der Waals surface area (Å²) in [5, 5.41) is 9.95. The van der Waals surface area contributed by atoms with Crippen molar-refractivity contribution >= 4 is 11.4 Å². The number of nitrogens with zero attached hydrogens (tertiary/aromatic N) is 3. The van der Waals surface area contributed by atoms with Crippen LogP contribution < -0.4 is 10.3 Å². The van der Waals surface area contributed by atoms with Crippen LogP contribution in [0.4, 0.5) is 11.4 Å². The SMILES string of the molecule is O=NN(C1CCNCC1)N1c2ccccc21. The monoisotopic (exact) mass is 218 g/mol. The van der Waals surface area contributed by atoms with Crippen LogP contribution in [0.25, 0.3) is 0 Å². The molecule has 1 aromatic carbocycles. The first-order valence-corrected chi connectivity index (χ1v) is 5.64. The molecule has 16 heavy (non-hydrogen) atoms. The molecule has 2 aliphatic rings. The number of hydrogen-bond donors (Lipinski definition) is 1. The average molecular weight is 218 g/mol. The van der Waals surface area contributed by atoms with Gasteiger partial charge in [-0.05, 0) is 38.1 Å². The number of nitroso groups, excluding NO2 is 1. The highest BCUT2D eigenvalue weighted by Gasteiger charge is 2.38. The van der Waals surface area contributed by atoms with E-state index in [1.165, 1.54) is 0 Å². The van der Waals surface area contributed by atoms with Gasteiger partial charge in [0, 0.05) is 0 Å². The van der Waals surface area contributed by atoms with E-state index in [2.05, 4.69) is 10.6 Å². The van der Waals surface area contributed by atoms with E-state index in [9.17, 15) is 4.91 Å². The van der Waals surface area contributed by atoms with Crippen LogP contribution in [0.1, 0.15) is 12.8 Å². The molecule has 5 heteroatoms. The van der Waals surface area contributed by atoms with Crippen molar-refractivity contribution in [3.63, 3.8) is 0 Å². The Morgan fingerprint density at radius 3 is 2.44 bits per heavy atom. The maximum atomic E-state index is 11.0. The zero-order valence-electron chi connectivity index (χ0n) is 8.97. The summed E-state index contributed by atoms with van der Waals surface area (Å²) >= 11 is 0. The van der Waals surface area contributed by atoms with Gasteiger partial charge < -0.3 is 5.32 Å². The number of anilines is 2. The third-order valence-corrected chi connectivity index (χ3v) is 3.21. The second-order valence-electron chi connectivity index (χ2n) is 4.18. The zero-order valence-corrected chi connectivity index (χ0v) is 8.97. The highest BCUT2D eigenvalue weighted by atomic mass is 16.3. The minimum Gasteiger partial charge on any atom is -0.317 e. The number of piperidine rings is 1. The molecule has 84 valence electrons. The lowest BCUT2D eigenvalue weighted by Crippen LogP contribution is -2.43. The maximum absolute atomic E-state index is 11.0. The number of para-hydroxylation sites is 2. The molecule has 0 aromatic heterocycles. The van der Waals surface area contributed by atoms with Gasteiger partial charge in [-0.25, -0.2) is 5.01 Å². The van der Waals surface area contributed by atoms with Gasteiger partial charge in [-0.3, -0.25) is 0 Å². The zero-order chi connectivity index (χ0) is 11.0. The lowest BCUT2D eigenvalue weighted by molar-refractivity contribution is 0.178. The summed E-state index contributed by atoms with van der Waals surface area (Å²) in [6.07, 6.45) is 1.94. The molecular formula is C11H14N4O. The Labute approximate surface area is 93.9 Å². The van der Waals surface area contributed by atoms with Gasteiger partial charge in [0.05, 0.1) is 22.7 Å². The molecule has 0 unspecified atom stereocenters. The molecule has 0 radical (unpaired) electrons. The maximum Gasteiger partial charge on any atom is 0.0908 e. The summed E-state index contributed by atoms with van der Waals surface area (Å²) in [5.41, 5.74) is 2.20. The fraction of sp³-hybridized carbons (Fsp3) is 0.455. The summed E-state index contributed by atoms with van der Waals surface area (Å²) in [6.45, 7) is 1.92. The third kappa shape index (κ3) is 1.44. The first kappa shape index (κ1) is 9.59. The van der Waals surface area contributed by atoms with Crippen molar-refractivity contribution in [1.29, 1.82) is 0 Å². The van der Waals surface area contributed by atoms with Gasteiger partial charge in [-0.1, -0.05) is 12.1 Å². The lowest BCUT2D eigenvalue weighted by atomic mass is 10.1. The number of hydrazine groups is 1. The predicted octanol–water partition coefficient (Wildman–Crippen LogP) is 1.79. The van der Waals surface area contributed by atoms with Crippen LogP contribution in [0.2, 0.25) is 0 Å². The van der Waals surface area contributed by atoms with E-state index in [1.54, 1.807) is 5.12 Å². The van der Waals surface area contributed by atoms with Gasteiger partial charge in [-0.2, -0.15) is 5.12 Å². The van der Waals surface area contributed by atoms with Gasteiger partial charge in [0.2, 0.25) is 0 Å². The Morgan fingerprint density at radius 2 is 1.88 bits per heavy atom. The third-order valence-electron chi connectivity index (χ3n) is 3.21. The predicted molar refractivity (Wildman–Crippen MR) is 62.1 cm³/mol. The van der Waals surface area contributed by atoms with Crippen LogP contribution in [-0.2, 0) is 0 Å². The molecular weight excluding hydrogens is 204 g/mol. The molecule has 1 fully saturated rings. The van der Waals surface area contributed by atoms with E-state index in [0.29, 0.717) is 0 Å². The van der Waals surface area contributed by atoms with Crippen molar-refractivity contribution in [1.82, 2.24) is 10.4 Å². The number of fused-ring (bicyclic) bond motifs is 1. The standard InChI is InChI=1S/C11H14N4O/c16-13-15(9-5-7-12-8-6-9)14-10-3-1-2-4-11(10)14/h1-4,9,12H,5-8H2. The Balaban J connectivity index is 1.76. The van der Waals surface area contributed by atoms with Crippen molar-refractivity contribution in [2.75, 3.05) is 18.1 Å². The molecule has 2 aliphatic heterocycles. The first-order chi connectivity index (χ1) is 7.92. The topological polar surface area (TPSA) is 47.7 Å². The molecule has 0 atom stereocenters. The number of nitrogens with one attached hydrogen (secondary N) is 1. The normalized spacial score (nSPS) is 19.1. The van der Waals surface area contributed by atoms with Gasteiger partial charge in [-0.15, -0.1) is 4.91 Å². The van der Waals surface area contributed by atoms with E-state index in [1.807, 2.05) is 29.3 Å². The molecule has 1 saturated heterocycles. The van der Waals surface area contributed by atoms with E-state index in [0.717, 1.165) is 37.3 Å². The summed E-state index contributed by atoms with van der Waals surface area (Å²) in [4.78, 5) is 11.0. The number of rotatable bonds is 3. The second-order valence-corrected chi connectivity index (χ2v) is 4.18. The van der Waals surface area contributed by atoms with Crippen molar-refractivity contribution in [3.05, 3.63) is 29.2 Å². The number of hydrogen-bond acceptors (Lipinski definition) is 4. The van der Waals surface area contributed by atoms with Crippen LogP contribution in [0.5, 0.6) is 0 Å². The highest BCUT2D eigenvalue weighted by molar-refractivity contribution is 5.91. The minimum atomic E-state index is 0.228. The van der Waals surface area contributed by atoms with Crippen LogP contribution in [0, 0.1) is 4.91 Å². The molecule has 0 spiro atoms. The van der Waals surface area contributed by atoms with Gasteiger partial charge >= 0.3 is 0 Å². The molecule has 5 nitrogen and oxygen atoms in total. The molecule has 0 aliphatic carbocycles. The number of benzene rings is 1. The van der Waals surface area contributed by atoms with Gasteiger partial charge in [0.25, 0.3) is 0 Å². The van der Waals surface area contributed by atoms with Gasteiger partial charge in [0.15, 0.2) is 0 Å². The van der Waals surface area contributed by atoms with Crippen LogP contribution in [0.3, 0.4) is 0 Å². The Bertz CT molecular complexity index is 380. The van der Waals surface area contributed by atoms with Crippen molar-refractivity contribution in [2.24, 2.45) is 5.29 Å². The summed E-state index contributed by atoms with van der Waals surface area (Å²) < 4.78 is 0. The largest absolute Gasteiger partial charge is 0.317 e. The summed E-state index contributed by atoms with van der Waals surface area (Å²) in [5.74, 6) is 0. The van der Waals surface area contributed by atoms with Crippen LogP contribution in [0.15, 0.2) is 29.6 Å². The Morgan fingerprint density at radius 1 is 1.25 bits per heavy atom. The van der Waals surface area contributed by atoms with E-state index < -0.39 is 0 Å². The average Bonchev–Trinajstić information content (AvgIpc) is 3.07. The Kier molecular flexibility index (Phi) is 2.25. The minimum absolute atomic E-state index is 0.228. The van der Waals surface area contributed by atoms with Gasteiger partial charge in [0.1, 0.15) is 0 Å². The molecule has 1 aromatic rings. The summed E-state index contributed by atoms with van der Waals surface area (Å²) in [7, 11) is 0. The fourth-order valence-electron chi connectivity index (χ4n) is 2.31. The van der Waals surface area contributed by atoms with Crippen LogP contribution >= 0.6 is 0 Å². The molecule has 0 bridgehead atoms. The van der Waals surface area contributed by atoms with Crippen LogP contribution in [-0.4, -0.2) is 24.2 Å². The van der Waals surface area contributed by atoms with Crippen molar-refractivity contribution < 1.29 is 0 Å². The lowest BCUT2D eigenvalue weighted by Gasteiger charge is -2.30. The fourth-order valence-corrected chi connectivity index (χ4v) is 2.31. The van der Waals surface area contributed by atoms with E-state index in [4.69, 9.17) is 0 Å². The molecule has 0 saturated carbocycles. The molecule has 1 N–H and O–H groups in total. The molecule has 3 rings (SSSR count). The first-order valence-electron chi connectivity index (χ1n) is 5.64.